The van der Waals surface area contributed by atoms with Crippen molar-refractivity contribution in [1.82, 2.24) is 9.21 Å². The van der Waals surface area contributed by atoms with Crippen molar-refractivity contribution in [3.63, 3.8) is 0 Å². The number of alkyl halides is 2. The van der Waals surface area contributed by atoms with Crippen molar-refractivity contribution in [2.24, 2.45) is 4.36 Å². The smallest absolute Gasteiger partial charge is 0.248 e. The van der Waals surface area contributed by atoms with Crippen molar-refractivity contribution in [3.8, 4) is 0 Å². The average molecular weight is 550 g/mol. The molecule has 3 fully saturated rings. The largest absolute Gasteiger partial charge is 0.334 e. The lowest BCUT2D eigenvalue weighted by atomic mass is 9.90. The van der Waals surface area contributed by atoms with Crippen molar-refractivity contribution in [1.29, 1.82) is 0 Å². The molecule has 2 saturated carbocycles. The molecule has 2 aromatic carbocycles. The third-order valence-electron chi connectivity index (χ3n) is 7.65. The topological polar surface area (TPSA) is 53.0 Å². The van der Waals surface area contributed by atoms with Crippen LogP contribution in [0.15, 0.2) is 57.8 Å². The van der Waals surface area contributed by atoms with E-state index in [4.69, 9.17) is 16.0 Å². The fourth-order valence-corrected chi connectivity index (χ4v) is 8.00. The molecule has 2 aromatic rings. The molecule has 5 nitrogen and oxygen atoms in total. The summed E-state index contributed by atoms with van der Waals surface area (Å²) in [5.41, 5.74) is 1.95. The maximum Gasteiger partial charge on any atom is 0.248 e. The summed E-state index contributed by atoms with van der Waals surface area (Å²) in [5.74, 6) is -2.83. The van der Waals surface area contributed by atoms with E-state index >= 15 is 0 Å². The molecule has 0 bridgehead atoms. The Kier molecular flexibility index (Phi) is 7.63. The highest BCUT2D eigenvalue weighted by molar-refractivity contribution is 7.91. The second kappa shape index (κ2) is 10.6. The van der Waals surface area contributed by atoms with Gasteiger partial charge in [-0.15, -0.1) is 0 Å². The quantitative estimate of drug-likeness (QED) is 0.389. The third kappa shape index (κ3) is 6.02. The summed E-state index contributed by atoms with van der Waals surface area (Å²) in [4.78, 5) is 16.6. The monoisotopic (exact) mass is 549 g/mol. The molecule has 0 radical (unpaired) electrons. The molecule has 1 unspecified atom stereocenters. The van der Waals surface area contributed by atoms with Gasteiger partial charge in [0, 0.05) is 37.0 Å². The molecule has 2 atom stereocenters. The van der Waals surface area contributed by atoms with Gasteiger partial charge in [0.1, 0.15) is 16.0 Å². The molecule has 0 spiro atoms. The van der Waals surface area contributed by atoms with Crippen molar-refractivity contribution >= 4 is 27.4 Å². The average Bonchev–Trinajstić information content (AvgIpc) is 3.54. The Hall–Kier alpha value is -2.03. The first-order valence-corrected chi connectivity index (χ1v) is 15.0. The van der Waals surface area contributed by atoms with Gasteiger partial charge in [0.25, 0.3) is 0 Å². The van der Waals surface area contributed by atoms with Crippen molar-refractivity contribution in [2.45, 2.75) is 93.8 Å². The number of benzene rings is 2. The molecule has 1 amide bonds. The van der Waals surface area contributed by atoms with E-state index in [1.165, 1.54) is 0 Å². The molecule has 2 aliphatic carbocycles. The number of hydrogen-bond donors (Lipinski definition) is 0. The molecule has 0 N–H and O–H groups in total. The number of rotatable bonds is 7. The first-order valence-electron chi connectivity index (χ1n) is 13.2. The molecule has 3 aliphatic rings. The van der Waals surface area contributed by atoms with Crippen molar-refractivity contribution in [3.05, 3.63) is 64.7 Å². The first-order chi connectivity index (χ1) is 17.6. The Morgan fingerprint density at radius 3 is 2.32 bits per heavy atom. The Labute approximate surface area is 223 Å². The summed E-state index contributed by atoms with van der Waals surface area (Å²) in [6.07, 6.45) is 3.17. The maximum absolute atomic E-state index is 14.6. The molecule has 0 aromatic heterocycles. The Morgan fingerprint density at radius 2 is 1.70 bits per heavy atom. The van der Waals surface area contributed by atoms with E-state index in [0.717, 1.165) is 30.4 Å². The SMILES string of the molecule is Cc1ccc(S(=O)(=NC2CC2)N2CCC[C@H]2C(=O)N(Cc2ccc(Cl)cc2)C2CCC(F)(F)CC2)cc1. The third-order valence-corrected chi connectivity index (χ3v) is 10.4. The predicted molar refractivity (Wildman–Crippen MR) is 142 cm³/mol. The van der Waals surface area contributed by atoms with Gasteiger partial charge >= 0.3 is 0 Å². The molecule has 200 valence electrons. The fourth-order valence-electron chi connectivity index (χ4n) is 5.34. The lowest BCUT2D eigenvalue weighted by Gasteiger charge is -2.39. The van der Waals surface area contributed by atoms with Crippen LogP contribution in [0, 0.1) is 6.92 Å². The van der Waals surface area contributed by atoms with Crippen LogP contribution >= 0.6 is 11.6 Å². The van der Waals surface area contributed by atoms with Crippen LogP contribution in [0.3, 0.4) is 0 Å². The zero-order chi connectivity index (χ0) is 26.2. The van der Waals surface area contributed by atoms with Gasteiger partial charge in [0.2, 0.25) is 11.8 Å². The van der Waals surface area contributed by atoms with Gasteiger partial charge in [-0.1, -0.05) is 41.4 Å². The lowest BCUT2D eigenvalue weighted by Crippen LogP contribution is -2.52. The van der Waals surface area contributed by atoms with Gasteiger partial charge in [-0.25, -0.2) is 21.7 Å². The van der Waals surface area contributed by atoms with Gasteiger partial charge < -0.3 is 4.90 Å². The van der Waals surface area contributed by atoms with Crippen LogP contribution < -0.4 is 0 Å². The summed E-state index contributed by atoms with van der Waals surface area (Å²) < 4.78 is 49.2. The second-order valence-corrected chi connectivity index (χ2v) is 13.2. The van der Waals surface area contributed by atoms with Gasteiger partial charge in [-0.05, 0) is 75.3 Å². The highest BCUT2D eigenvalue weighted by Gasteiger charge is 2.44. The number of carbonyl (C=O) groups is 1. The van der Waals surface area contributed by atoms with E-state index in [1.807, 2.05) is 47.6 Å². The number of aryl methyl sites for hydroxylation is 1. The fraction of sp³-hybridized carbons (Fsp3) is 0.536. The molecular weight excluding hydrogens is 516 g/mol. The van der Waals surface area contributed by atoms with Crippen LogP contribution in [0.2, 0.25) is 5.02 Å². The number of amides is 1. The van der Waals surface area contributed by atoms with Crippen molar-refractivity contribution < 1.29 is 17.8 Å². The van der Waals surface area contributed by atoms with E-state index < -0.39 is 21.9 Å². The van der Waals surface area contributed by atoms with E-state index in [2.05, 4.69) is 0 Å². The second-order valence-electron chi connectivity index (χ2n) is 10.6. The number of nitrogens with zero attached hydrogens (tertiary/aromatic N) is 3. The number of carbonyl (C=O) groups excluding carboxylic acids is 1. The van der Waals surface area contributed by atoms with E-state index in [9.17, 15) is 17.8 Å². The molecular formula is C28H34ClF2N3O2S. The minimum absolute atomic E-state index is 0.0518. The summed E-state index contributed by atoms with van der Waals surface area (Å²) >= 11 is 6.07. The molecule has 37 heavy (non-hydrogen) atoms. The van der Waals surface area contributed by atoms with Crippen LogP contribution in [0.4, 0.5) is 8.78 Å². The first kappa shape index (κ1) is 26.6. The summed E-state index contributed by atoms with van der Waals surface area (Å²) in [7, 11) is -2.98. The van der Waals surface area contributed by atoms with Crippen LogP contribution in [0.5, 0.6) is 0 Å². The molecule has 1 heterocycles. The van der Waals surface area contributed by atoms with Gasteiger partial charge in [0.05, 0.1) is 10.9 Å². The normalized spacial score (nSPS) is 23.9. The van der Waals surface area contributed by atoms with Crippen LogP contribution in [-0.4, -0.2) is 49.9 Å². The molecule has 1 saturated heterocycles. The highest BCUT2D eigenvalue weighted by atomic mass is 35.5. The van der Waals surface area contributed by atoms with E-state index in [0.29, 0.717) is 29.4 Å². The summed E-state index contributed by atoms with van der Waals surface area (Å²) in [6.45, 7) is 2.80. The van der Waals surface area contributed by atoms with E-state index in [1.54, 1.807) is 17.0 Å². The zero-order valence-electron chi connectivity index (χ0n) is 21.1. The van der Waals surface area contributed by atoms with Crippen LogP contribution in [-0.2, 0) is 21.3 Å². The standard InChI is InChI=1S/C28H34ClF2N3O2S/c1-20-4-12-25(13-5-20)37(36,32-23-10-11-23)34-18-2-3-26(34)27(35)33(19-21-6-8-22(29)9-7-21)24-14-16-28(30,31)17-15-24/h4-9,12-13,23-24,26H,2-3,10-11,14-19H2,1H3/t26-,37?/m0/s1. The number of halogens is 3. The number of hydrogen-bond acceptors (Lipinski definition) is 3. The minimum atomic E-state index is -2.98. The van der Waals surface area contributed by atoms with Gasteiger partial charge in [0.15, 0.2) is 0 Å². The summed E-state index contributed by atoms with van der Waals surface area (Å²) in [6, 6.07) is 14.0. The Bertz CT molecular complexity index is 1230. The maximum atomic E-state index is 14.6. The minimum Gasteiger partial charge on any atom is -0.334 e. The highest BCUT2D eigenvalue weighted by Crippen LogP contribution is 2.38. The van der Waals surface area contributed by atoms with E-state index in [-0.39, 0.29) is 43.7 Å². The molecule has 1 aliphatic heterocycles. The predicted octanol–water partition coefficient (Wildman–Crippen LogP) is 6.62. The molecule has 9 heteroatoms. The Morgan fingerprint density at radius 1 is 1.05 bits per heavy atom. The lowest BCUT2D eigenvalue weighted by molar-refractivity contribution is -0.141. The molecule has 5 rings (SSSR count). The van der Waals surface area contributed by atoms with Crippen LogP contribution in [0.25, 0.3) is 0 Å². The van der Waals surface area contributed by atoms with Crippen LogP contribution in [0.1, 0.15) is 62.5 Å². The Balaban J connectivity index is 1.47. The summed E-state index contributed by atoms with van der Waals surface area (Å²) in [5, 5.41) is 0.598. The van der Waals surface area contributed by atoms with Crippen molar-refractivity contribution in [2.75, 3.05) is 6.54 Å². The van der Waals surface area contributed by atoms with Gasteiger partial charge in [-0.2, -0.15) is 0 Å². The zero-order valence-corrected chi connectivity index (χ0v) is 22.7. The van der Waals surface area contributed by atoms with Gasteiger partial charge in [-0.3, -0.25) is 4.79 Å².